The van der Waals surface area contributed by atoms with E-state index in [2.05, 4.69) is 28.2 Å². The number of fused-ring (bicyclic) bond motifs is 2. The molecule has 5 rings (SSSR count). The Morgan fingerprint density at radius 2 is 1.55 bits per heavy atom. The largest absolute Gasteiger partial charge is 0.444 e. The lowest BCUT2D eigenvalue weighted by Crippen LogP contribution is -2.37. The molecule has 0 radical (unpaired) electrons. The van der Waals surface area contributed by atoms with Crippen LogP contribution in [-0.2, 0) is 16.0 Å². The number of aromatic amines is 2. The number of hydrogen-bond acceptors (Lipinski definition) is 6. The van der Waals surface area contributed by atoms with Crippen molar-refractivity contribution in [3.05, 3.63) is 48.0 Å². The highest BCUT2D eigenvalue weighted by Gasteiger charge is 2.35. The van der Waals surface area contributed by atoms with Crippen LogP contribution in [0.3, 0.4) is 0 Å². The molecule has 2 amide bonds. The number of carbonyl (C=O) groups is 2. The lowest BCUT2D eigenvalue weighted by atomic mass is 10.0. The number of nitrogens with one attached hydrogen (secondary N) is 2. The van der Waals surface area contributed by atoms with Crippen molar-refractivity contribution in [1.29, 1.82) is 0 Å². The van der Waals surface area contributed by atoms with Crippen LogP contribution in [0.2, 0.25) is 0 Å². The van der Waals surface area contributed by atoms with Crippen molar-refractivity contribution >= 4 is 34.3 Å². The number of nitrogens with zero attached hydrogens (tertiary/aromatic N) is 4. The van der Waals surface area contributed by atoms with Gasteiger partial charge in [-0.05, 0) is 96.2 Å². The lowest BCUT2D eigenvalue weighted by Gasteiger charge is -2.27. The Morgan fingerprint density at radius 1 is 0.929 bits per heavy atom. The lowest BCUT2D eigenvalue weighted by molar-refractivity contribution is 0.0213. The van der Waals surface area contributed by atoms with Gasteiger partial charge < -0.3 is 24.3 Å². The second kappa shape index (κ2) is 11.3. The smallest absolute Gasteiger partial charge is 0.410 e. The predicted octanol–water partition coefficient (Wildman–Crippen LogP) is 7.33. The highest BCUT2D eigenvalue weighted by molar-refractivity contribution is 5.86. The van der Waals surface area contributed by atoms with E-state index in [1.165, 1.54) is 0 Å². The number of rotatable bonds is 6. The summed E-state index contributed by atoms with van der Waals surface area (Å²) in [6.45, 7) is 14.9. The minimum atomic E-state index is -0.559. The van der Waals surface area contributed by atoms with E-state index in [1.54, 1.807) is 9.80 Å². The number of H-pyrrole nitrogens is 2. The maximum Gasteiger partial charge on any atom is 0.410 e. The summed E-state index contributed by atoms with van der Waals surface area (Å²) in [4.78, 5) is 45.4. The van der Waals surface area contributed by atoms with Gasteiger partial charge in [0.05, 0.1) is 34.7 Å². The van der Waals surface area contributed by atoms with Crippen LogP contribution in [0.4, 0.5) is 9.59 Å². The van der Waals surface area contributed by atoms with Crippen molar-refractivity contribution in [1.82, 2.24) is 29.7 Å². The van der Waals surface area contributed by atoms with Crippen molar-refractivity contribution in [3.8, 4) is 11.1 Å². The Morgan fingerprint density at radius 3 is 2.17 bits per heavy atom. The Kier molecular flexibility index (Phi) is 7.92. The van der Waals surface area contributed by atoms with Crippen LogP contribution >= 0.6 is 0 Å². The van der Waals surface area contributed by atoms with Gasteiger partial charge in [-0.1, -0.05) is 19.1 Å². The molecule has 224 valence electrons. The van der Waals surface area contributed by atoms with Gasteiger partial charge in [-0.25, -0.2) is 19.6 Å². The Bertz CT molecular complexity index is 1590. The molecule has 0 bridgehead atoms. The summed E-state index contributed by atoms with van der Waals surface area (Å²) in [5.41, 5.74) is 4.46. The Labute approximate surface area is 246 Å². The number of likely N-dealkylation sites (tertiary alicyclic amines) is 1. The molecular weight excluding hydrogens is 532 g/mol. The quantitative estimate of drug-likeness (QED) is 0.249. The molecule has 2 N–H and O–H groups in total. The zero-order valence-electron chi connectivity index (χ0n) is 25.7. The van der Waals surface area contributed by atoms with Gasteiger partial charge in [0.25, 0.3) is 0 Å². The van der Waals surface area contributed by atoms with E-state index in [0.29, 0.717) is 25.5 Å². The van der Waals surface area contributed by atoms with Crippen molar-refractivity contribution in [2.45, 2.75) is 91.5 Å². The van der Waals surface area contributed by atoms with Gasteiger partial charge in [0, 0.05) is 13.1 Å². The minimum Gasteiger partial charge on any atom is -0.444 e. The first-order chi connectivity index (χ1) is 19.8. The van der Waals surface area contributed by atoms with E-state index in [-0.39, 0.29) is 18.2 Å². The SMILES string of the molecule is CCCN(Cc1nc2ccc(-c3ccc4nc([C@@H]5CCCN5C(=O)OC(C)(C)C)[nH]c4c3)cc2[nH]1)C(=O)OC(C)(C)C. The summed E-state index contributed by atoms with van der Waals surface area (Å²) < 4.78 is 11.2. The number of aromatic nitrogens is 4. The molecule has 0 spiro atoms. The summed E-state index contributed by atoms with van der Waals surface area (Å²) in [7, 11) is 0. The molecule has 3 heterocycles. The molecule has 1 aliphatic heterocycles. The summed E-state index contributed by atoms with van der Waals surface area (Å²) in [6, 6.07) is 12.1. The molecule has 10 nitrogen and oxygen atoms in total. The second-order valence-electron chi connectivity index (χ2n) is 13.0. The molecule has 1 atom stereocenters. The topological polar surface area (TPSA) is 116 Å². The molecule has 1 aliphatic rings. The third kappa shape index (κ3) is 6.69. The summed E-state index contributed by atoms with van der Waals surface area (Å²) in [6.07, 6.45) is 1.92. The number of amides is 2. The molecule has 1 fully saturated rings. The van der Waals surface area contributed by atoms with Crippen LogP contribution < -0.4 is 0 Å². The first kappa shape index (κ1) is 29.4. The third-order valence-electron chi connectivity index (χ3n) is 7.05. The van der Waals surface area contributed by atoms with E-state index in [0.717, 1.165) is 58.3 Å². The monoisotopic (exact) mass is 574 g/mol. The fourth-order valence-corrected chi connectivity index (χ4v) is 5.29. The third-order valence-corrected chi connectivity index (χ3v) is 7.05. The van der Waals surface area contributed by atoms with Crippen LogP contribution in [0.1, 0.15) is 85.4 Å². The molecule has 10 heteroatoms. The first-order valence-corrected chi connectivity index (χ1v) is 14.8. The van der Waals surface area contributed by atoms with Crippen LogP contribution in [0.5, 0.6) is 0 Å². The zero-order valence-corrected chi connectivity index (χ0v) is 25.7. The van der Waals surface area contributed by atoms with Crippen molar-refractivity contribution in [2.75, 3.05) is 13.1 Å². The maximum absolute atomic E-state index is 12.8. The normalized spacial score (nSPS) is 15.9. The van der Waals surface area contributed by atoms with Crippen LogP contribution in [0.25, 0.3) is 33.2 Å². The highest BCUT2D eigenvalue weighted by atomic mass is 16.6. The van der Waals surface area contributed by atoms with Crippen LogP contribution in [0.15, 0.2) is 36.4 Å². The second-order valence-corrected chi connectivity index (χ2v) is 13.0. The van der Waals surface area contributed by atoms with Gasteiger partial charge in [0.1, 0.15) is 22.9 Å². The van der Waals surface area contributed by atoms with Gasteiger partial charge in [0.15, 0.2) is 0 Å². The van der Waals surface area contributed by atoms with E-state index < -0.39 is 11.2 Å². The number of hydrogen-bond donors (Lipinski definition) is 2. The van der Waals surface area contributed by atoms with E-state index in [1.807, 2.05) is 66.7 Å². The van der Waals surface area contributed by atoms with E-state index in [4.69, 9.17) is 19.4 Å². The Hall–Kier alpha value is -4.08. The highest BCUT2D eigenvalue weighted by Crippen LogP contribution is 2.34. The van der Waals surface area contributed by atoms with Crippen molar-refractivity contribution < 1.29 is 19.1 Å². The van der Waals surface area contributed by atoms with E-state index in [9.17, 15) is 9.59 Å². The predicted molar refractivity (Wildman–Crippen MR) is 163 cm³/mol. The molecule has 2 aromatic heterocycles. The van der Waals surface area contributed by atoms with Gasteiger partial charge >= 0.3 is 12.2 Å². The standard InChI is InChI=1S/C32H42N6O4/c1-8-15-37(29(39)41-31(2,3)4)19-27-33-22-13-11-20(17-24(22)34-27)21-12-14-23-25(18-21)36-28(35-23)26-10-9-16-38(26)30(40)42-32(5,6)7/h11-14,17-18,26H,8-10,15-16,19H2,1-7H3,(H,33,34)(H,35,36)/t26-/m0/s1. The molecule has 1 saturated heterocycles. The van der Waals surface area contributed by atoms with Gasteiger partial charge in [-0.2, -0.15) is 0 Å². The van der Waals surface area contributed by atoms with Crippen LogP contribution in [-0.4, -0.2) is 66.2 Å². The molecule has 0 unspecified atom stereocenters. The van der Waals surface area contributed by atoms with Gasteiger partial charge in [0.2, 0.25) is 0 Å². The molecule has 42 heavy (non-hydrogen) atoms. The van der Waals surface area contributed by atoms with Crippen molar-refractivity contribution in [2.24, 2.45) is 0 Å². The zero-order chi connectivity index (χ0) is 30.2. The van der Waals surface area contributed by atoms with E-state index >= 15 is 0 Å². The average Bonchev–Trinajstić information content (AvgIpc) is 3.62. The fraction of sp³-hybridized carbons (Fsp3) is 0.500. The summed E-state index contributed by atoms with van der Waals surface area (Å²) >= 11 is 0. The number of benzene rings is 2. The molecule has 4 aromatic rings. The summed E-state index contributed by atoms with van der Waals surface area (Å²) in [5.74, 6) is 1.49. The van der Waals surface area contributed by atoms with Crippen molar-refractivity contribution in [3.63, 3.8) is 0 Å². The molecular formula is C32H42N6O4. The average molecular weight is 575 g/mol. The molecule has 0 aliphatic carbocycles. The van der Waals surface area contributed by atoms with Gasteiger partial charge in [-0.15, -0.1) is 0 Å². The van der Waals surface area contributed by atoms with Crippen LogP contribution in [0, 0.1) is 0 Å². The number of carbonyl (C=O) groups excluding carboxylic acids is 2. The maximum atomic E-state index is 12.8. The minimum absolute atomic E-state index is 0.136. The summed E-state index contributed by atoms with van der Waals surface area (Å²) in [5, 5.41) is 0. The fourth-order valence-electron chi connectivity index (χ4n) is 5.29. The van der Waals surface area contributed by atoms with Gasteiger partial charge in [-0.3, -0.25) is 4.90 Å². The Balaban J connectivity index is 1.36. The molecule has 2 aromatic carbocycles. The molecule has 0 saturated carbocycles. The first-order valence-electron chi connectivity index (χ1n) is 14.8. The number of ether oxygens (including phenoxy) is 2. The number of imidazole rings is 2.